The summed E-state index contributed by atoms with van der Waals surface area (Å²) >= 11 is 0. The van der Waals surface area contributed by atoms with Crippen LogP contribution in [-0.4, -0.2) is 24.1 Å². The molecular weight excluding hydrogens is 172 g/mol. The summed E-state index contributed by atoms with van der Waals surface area (Å²) in [6, 6.07) is 0. The molecule has 0 aromatic carbocycles. The minimum Gasteiger partial charge on any atom is -0.393 e. The molecule has 0 aromatic heterocycles. The van der Waals surface area contributed by atoms with Crippen molar-refractivity contribution in [2.75, 3.05) is 0 Å². The van der Waals surface area contributed by atoms with E-state index in [-0.39, 0.29) is 24.0 Å². The van der Waals surface area contributed by atoms with Crippen molar-refractivity contribution in [3.8, 4) is 0 Å². The molecule has 2 saturated heterocycles. The second-order valence-electron chi connectivity index (χ2n) is 3.72. The highest BCUT2D eigenvalue weighted by Gasteiger charge is 2.60. The van der Waals surface area contributed by atoms with Crippen LogP contribution in [0.2, 0.25) is 0 Å². The van der Waals surface area contributed by atoms with E-state index in [2.05, 4.69) is 4.74 Å². The van der Waals surface area contributed by atoms with E-state index in [0.717, 1.165) is 5.57 Å². The number of ether oxygens (including phenoxy) is 2. The normalized spacial score (nSPS) is 46.4. The fourth-order valence-electron chi connectivity index (χ4n) is 2.40. The Kier molecular flexibility index (Phi) is 1.12. The molecule has 0 N–H and O–H groups in total. The average Bonchev–Trinajstić information content (AvgIpc) is 2.64. The van der Waals surface area contributed by atoms with Gasteiger partial charge in [0.1, 0.15) is 11.8 Å². The minimum absolute atomic E-state index is 0.214. The smallest absolute Gasteiger partial charge is 0.320 e. The molecule has 0 radical (unpaired) electrons. The van der Waals surface area contributed by atoms with E-state index in [1.165, 1.54) is 0 Å². The van der Waals surface area contributed by atoms with Crippen LogP contribution in [0.3, 0.4) is 0 Å². The molecule has 0 amide bonds. The molecule has 3 heterocycles. The maximum absolute atomic E-state index is 11.3. The van der Waals surface area contributed by atoms with Crippen LogP contribution in [0.25, 0.3) is 0 Å². The summed E-state index contributed by atoms with van der Waals surface area (Å²) < 4.78 is 10.0. The predicted molar refractivity (Wildman–Crippen MR) is 40.5 cm³/mol. The number of hydrogen-bond donors (Lipinski definition) is 0. The lowest BCUT2D eigenvalue weighted by molar-refractivity contribution is -0.156. The molecule has 68 valence electrons. The Balaban J connectivity index is 2.08. The van der Waals surface area contributed by atoms with Gasteiger partial charge in [-0.1, -0.05) is 6.08 Å². The van der Waals surface area contributed by atoms with Gasteiger partial charge in [0, 0.05) is 0 Å². The molecule has 4 nitrogen and oxygen atoms in total. The van der Waals surface area contributed by atoms with Gasteiger partial charge in [-0.3, -0.25) is 9.59 Å². The fraction of sp³-hybridized carbons (Fsp3) is 0.556. The maximum atomic E-state index is 11.3. The van der Waals surface area contributed by atoms with Crippen LogP contribution in [0.4, 0.5) is 0 Å². The second-order valence-corrected chi connectivity index (χ2v) is 3.72. The highest BCUT2D eigenvalue weighted by atomic mass is 16.6. The molecule has 0 saturated carbocycles. The number of rotatable bonds is 0. The standard InChI is InChI=1S/C9H8O4/c1-3-2-4-5-6(7(3)12-4)9(11)13-8(5)10/h2,4-7H,1H3/t4?,5-,6-,7?/m1/s1. The Bertz CT molecular complexity index is 344. The van der Waals surface area contributed by atoms with Crippen LogP contribution in [0.1, 0.15) is 6.92 Å². The van der Waals surface area contributed by atoms with Gasteiger partial charge in [-0.2, -0.15) is 0 Å². The van der Waals surface area contributed by atoms with E-state index in [1.807, 2.05) is 13.0 Å². The molecule has 2 bridgehead atoms. The van der Waals surface area contributed by atoms with Gasteiger partial charge in [0.25, 0.3) is 0 Å². The van der Waals surface area contributed by atoms with E-state index >= 15 is 0 Å². The molecule has 4 heteroatoms. The summed E-state index contributed by atoms with van der Waals surface area (Å²) in [7, 11) is 0. The summed E-state index contributed by atoms with van der Waals surface area (Å²) in [4.78, 5) is 22.5. The molecule has 2 fully saturated rings. The van der Waals surface area contributed by atoms with Crippen molar-refractivity contribution in [3.63, 3.8) is 0 Å². The molecule has 0 aliphatic carbocycles. The van der Waals surface area contributed by atoms with E-state index in [0.29, 0.717) is 0 Å². The van der Waals surface area contributed by atoms with Crippen molar-refractivity contribution in [1.82, 2.24) is 0 Å². The van der Waals surface area contributed by atoms with Gasteiger partial charge in [-0.15, -0.1) is 0 Å². The summed E-state index contributed by atoms with van der Waals surface area (Å²) in [5.41, 5.74) is 1.04. The molecule has 2 unspecified atom stereocenters. The van der Waals surface area contributed by atoms with Crippen LogP contribution in [0.5, 0.6) is 0 Å². The monoisotopic (exact) mass is 180 g/mol. The maximum Gasteiger partial charge on any atom is 0.320 e. The number of cyclic esters (lactones) is 2. The molecule has 0 spiro atoms. The highest BCUT2D eigenvalue weighted by molar-refractivity contribution is 5.98. The molecule has 3 rings (SSSR count). The van der Waals surface area contributed by atoms with Crippen LogP contribution in [-0.2, 0) is 19.1 Å². The Morgan fingerprint density at radius 1 is 1.23 bits per heavy atom. The van der Waals surface area contributed by atoms with Crippen LogP contribution in [0.15, 0.2) is 11.6 Å². The summed E-state index contributed by atoms with van der Waals surface area (Å²) in [6.07, 6.45) is 1.47. The number of hydrogen-bond acceptors (Lipinski definition) is 4. The van der Waals surface area contributed by atoms with Crippen LogP contribution >= 0.6 is 0 Å². The summed E-state index contributed by atoms with van der Waals surface area (Å²) in [5, 5.41) is 0. The van der Waals surface area contributed by atoms with Crippen molar-refractivity contribution in [1.29, 1.82) is 0 Å². The number of carbonyl (C=O) groups is 2. The molecule has 0 aromatic rings. The predicted octanol–water partition coefficient (Wildman–Crippen LogP) is 0.0295. The van der Waals surface area contributed by atoms with Gasteiger partial charge < -0.3 is 9.47 Å². The topological polar surface area (TPSA) is 52.6 Å². The molecule has 4 atom stereocenters. The Hall–Kier alpha value is -1.16. The average molecular weight is 180 g/mol. The zero-order valence-corrected chi connectivity index (χ0v) is 7.02. The van der Waals surface area contributed by atoms with Crippen LogP contribution < -0.4 is 0 Å². The van der Waals surface area contributed by atoms with E-state index < -0.39 is 11.9 Å². The molecule has 3 aliphatic rings. The third-order valence-corrected chi connectivity index (χ3v) is 2.99. The first-order valence-corrected chi connectivity index (χ1v) is 4.28. The Morgan fingerprint density at radius 2 is 1.92 bits per heavy atom. The van der Waals surface area contributed by atoms with Crippen molar-refractivity contribution in [2.45, 2.75) is 19.1 Å². The van der Waals surface area contributed by atoms with Crippen molar-refractivity contribution in [2.24, 2.45) is 11.8 Å². The minimum atomic E-state index is -0.425. The first-order chi connectivity index (χ1) is 6.18. The first-order valence-electron chi connectivity index (χ1n) is 4.28. The van der Waals surface area contributed by atoms with E-state index in [9.17, 15) is 9.59 Å². The molecular formula is C9H8O4. The van der Waals surface area contributed by atoms with E-state index in [4.69, 9.17) is 4.74 Å². The quantitative estimate of drug-likeness (QED) is 0.300. The lowest BCUT2D eigenvalue weighted by Gasteiger charge is -2.13. The lowest BCUT2D eigenvalue weighted by Crippen LogP contribution is -2.28. The van der Waals surface area contributed by atoms with Gasteiger partial charge in [0.2, 0.25) is 0 Å². The molecule has 13 heavy (non-hydrogen) atoms. The third kappa shape index (κ3) is 0.698. The summed E-state index contributed by atoms with van der Waals surface area (Å²) in [6.45, 7) is 1.91. The second kappa shape index (κ2) is 2.01. The van der Waals surface area contributed by atoms with Gasteiger partial charge in [-0.25, -0.2) is 0 Å². The van der Waals surface area contributed by atoms with Crippen molar-refractivity contribution in [3.05, 3.63) is 11.6 Å². The zero-order chi connectivity index (χ0) is 9.16. The molecule has 3 aliphatic heterocycles. The Labute approximate surface area is 74.5 Å². The highest BCUT2D eigenvalue weighted by Crippen LogP contribution is 2.46. The largest absolute Gasteiger partial charge is 0.393 e. The third-order valence-electron chi connectivity index (χ3n) is 2.99. The number of carbonyl (C=O) groups excluding carboxylic acids is 2. The van der Waals surface area contributed by atoms with Gasteiger partial charge in [0.05, 0.1) is 12.2 Å². The van der Waals surface area contributed by atoms with E-state index in [1.54, 1.807) is 0 Å². The first kappa shape index (κ1) is 7.26. The Morgan fingerprint density at radius 3 is 2.69 bits per heavy atom. The number of esters is 2. The SMILES string of the molecule is CC1=CC2OC1[C@@H]1C(=O)OC(=O)[C@H]21. The van der Waals surface area contributed by atoms with Crippen molar-refractivity contribution < 1.29 is 19.1 Å². The lowest BCUT2D eigenvalue weighted by atomic mass is 9.82. The van der Waals surface area contributed by atoms with Crippen molar-refractivity contribution >= 4 is 11.9 Å². The summed E-state index contributed by atoms with van der Waals surface area (Å²) in [5.74, 6) is -1.59. The van der Waals surface area contributed by atoms with Crippen LogP contribution in [0, 0.1) is 11.8 Å². The van der Waals surface area contributed by atoms with Gasteiger partial charge in [0.15, 0.2) is 0 Å². The van der Waals surface area contributed by atoms with Gasteiger partial charge >= 0.3 is 11.9 Å². The fourth-order valence-corrected chi connectivity index (χ4v) is 2.40. The zero-order valence-electron chi connectivity index (χ0n) is 7.02. The van der Waals surface area contributed by atoms with Gasteiger partial charge in [-0.05, 0) is 12.5 Å². The number of fused-ring (bicyclic) bond motifs is 5.